The van der Waals surface area contributed by atoms with E-state index in [1.807, 2.05) is 0 Å². The molecule has 0 saturated carbocycles. The zero-order valence-electron chi connectivity index (χ0n) is 16.2. The molecule has 0 radical (unpaired) electrons. The van der Waals surface area contributed by atoms with Gasteiger partial charge >= 0.3 is 7.60 Å². The fourth-order valence-electron chi connectivity index (χ4n) is 3.56. The van der Waals surface area contributed by atoms with Crippen LogP contribution in [0.15, 0.2) is 6.33 Å². The Morgan fingerprint density at radius 3 is 2.68 bits per heavy atom. The summed E-state index contributed by atoms with van der Waals surface area (Å²) in [6.07, 6.45) is -2.22. The average Bonchev–Trinajstić information content (AvgIpc) is 3.22. The maximum absolute atomic E-state index is 12.0. The number of rotatable bonds is 6. The highest BCUT2D eigenvalue weighted by Crippen LogP contribution is 2.54. The largest absolute Gasteiger partial charge is 0.857 e. The fraction of sp³-hybridized carbons (Fsp3) is 0.643. The van der Waals surface area contributed by atoms with E-state index >= 15 is 0 Å². The van der Waals surface area contributed by atoms with Crippen LogP contribution in [0.3, 0.4) is 0 Å². The minimum atomic E-state index is -5.28. The maximum Gasteiger partial charge on any atom is 0.363 e. The topological polar surface area (TPSA) is 236 Å². The predicted octanol–water partition coefficient (Wildman–Crippen LogP) is -3.10. The van der Waals surface area contributed by atoms with Gasteiger partial charge in [-0.15, -0.1) is 0 Å². The van der Waals surface area contributed by atoms with Crippen LogP contribution in [-0.4, -0.2) is 61.0 Å². The van der Waals surface area contributed by atoms with Crippen molar-refractivity contribution in [2.24, 2.45) is 0 Å². The van der Waals surface area contributed by atoms with Gasteiger partial charge in [0.25, 0.3) is 0 Å². The normalized spacial score (nSPS) is 29.9. The Hall–Kier alpha value is -1.51. The number of hydrogen-bond acceptors (Lipinski definition) is 13. The molecule has 172 valence electrons. The second-order valence-electron chi connectivity index (χ2n) is 7.53. The summed E-state index contributed by atoms with van der Waals surface area (Å²) >= 11 is 0. The Balaban J connectivity index is 1.60. The third kappa shape index (κ3) is 4.66. The summed E-state index contributed by atoms with van der Waals surface area (Å²) < 4.78 is 35.7. The number of imidazole rings is 1. The predicted molar refractivity (Wildman–Crippen MR) is 94.5 cm³/mol. The molecule has 2 aromatic rings. The van der Waals surface area contributed by atoms with E-state index in [2.05, 4.69) is 15.0 Å². The van der Waals surface area contributed by atoms with Gasteiger partial charge in [0, 0.05) is 5.88 Å². The number of hydrogen-bond donors (Lipinski definition) is 2. The minimum absolute atomic E-state index is 0.0475. The molecule has 15 nitrogen and oxygen atoms in total. The zero-order valence-corrected chi connectivity index (χ0v) is 18.0. The van der Waals surface area contributed by atoms with E-state index in [9.17, 15) is 29.2 Å². The summed E-state index contributed by atoms with van der Waals surface area (Å²) in [5.74, 6) is -3.55. The van der Waals surface area contributed by atoms with Crippen LogP contribution in [0.5, 0.6) is 5.88 Å². The number of anilines is 1. The molecule has 0 amide bonds. The molecule has 0 spiro atoms. The summed E-state index contributed by atoms with van der Waals surface area (Å²) in [6, 6.07) is 0. The first-order chi connectivity index (χ1) is 14.2. The first-order valence-electron chi connectivity index (χ1n) is 8.90. The molecule has 2 aliphatic rings. The second kappa shape index (κ2) is 7.52. The Kier molecular flexibility index (Phi) is 5.50. The third-order valence-corrected chi connectivity index (χ3v) is 7.97. The highest BCUT2D eigenvalue weighted by molar-refractivity contribution is 7.71. The number of aromatic nitrogens is 4. The van der Waals surface area contributed by atoms with E-state index in [1.165, 1.54) is 10.9 Å². The van der Waals surface area contributed by atoms with E-state index in [1.54, 1.807) is 13.8 Å². The van der Waals surface area contributed by atoms with Gasteiger partial charge < -0.3 is 49.1 Å². The first-order valence-corrected chi connectivity index (χ1v) is 12.4. The Morgan fingerprint density at radius 2 is 2.00 bits per heavy atom. The Bertz CT molecular complexity index is 1040. The quantitative estimate of drug-likeness (QED) is 0.391. The van der Waals surface area contributed by atoms with Crippen molar-refractivity contribution in [2.45, 2.75) is 44.2 Å². The van der Waals surface area contributed by atoms with Crippen LogP contribution < -0.4 is 25.5 Å². The number of nitrogen functional groups attached to an aromatic ring is 1. The lowest BCUT2D eigenvalue weighted by Gasteiger charge is -2.42. The van der Waals surface area contributed by atoms with Crippen molar-refractivity contribution in [2.75, 3.05) is 18.2 Å². The van der Waals surface area contributed by atoms with Crippen LogP contribution in [0.1, 0.15) is 20.1 Å². The number of fused-ring (bicyclic) bond motifs is 2. The molecule has 5 atom stereocenters. The van der Waals surface area contributed by atoms with Crippen LogP contribution in [0.4, 0.5) is 5.95 Å². The minimum Gasteiger partial charge on any atom is -0.857 e. The van der Waals surface area contributed by atoms with Crippen LogP contribution in [0.2, 0.25) is 0 Å². The Labute approximate surface area is 175 Å². The molecule has 3 N–H and O–H groups in total. The van der Waals surface area contributed by atoms with E-state index in [0.717, 1.165) is 0 Å². The van der Waals surface area contributed by atoms with Gasteiger partial charge in [0.2, 0.25) is 5.95 Å². The van der Waals surface area contributed by atoms with Gasteiger partial charge in [-0.1, -0.05) is 0 Å². The monoisotopic (exact) mass is 478 g/mol. The fourth-order valence-corrected chi connectivity index (χ4v) is 6.02. The Morgan fingerprint density at radius 1 is 1.32 bits per heavy atom. The van der Waals surface area contributed by atoms with E-state index in [0.29, 0.717) is 0 Å². The summed E-state index contributed by atoms with van der Waals surface area (Å²) in [7, 11) is -10.0. The molecule has 4 heterocycles. The maximum atomic E-state index is 12.0. The molecule has 2 saturated heterocycles. The van der Waals surface area contributed by atoms with E-state index in [4.69, 9.17) is 24.5 Å². The standard InChI is InChI=1S/C14H21N5O10P2/c1-14(2)28-8-6(3-26-31(24,25)5-30(21,22)23)27-12(9(8)29-14)19-4-16-7-10(19)17-13(15)18-11(7)20/h4,6,8-9,12H,3,5H2,1-2H3,(H,24,25)(H2,21,22,23)(H3,15,17,18,20)/p-3/t6-,8-,9-,12-/m1/s1. The smallest absolute Gasteiger partial charge is 0.363 e. The zero-order chi connectivity index (χ0) is 22.8. The molecule has 0 aromatic carbocycles. The number of nitrogens with two attached hydrogens (primary N) is 1. The lowest BCUT2D eigenvalue weighted by atomic mass is 10.1. The van der Waals surface area contributed by atoms with Crippen molar-refractivity contribution in [3.05, 3.63) is 6.33 Å². The molecule has 4 rings (SSSR count). The first kappa shape index (κ1) is 22.7. The molecule has 17 heteroatoms. The highest BCUT2D eigenvalue weighted by atomic mass is 31.3. The van der Waals surface area contributed by atoms with Crippen LogP contribution in [-0.2, 0) is 23.3 Å². The van der Waals surface area contributed by atoms with E-state index < -0.39 is 64.3 Å². The molecule has 2 aromatic heterocycles. The van der Waals surface area contributed by atoms with Crippen LogP contribution >= 0.6 is 15.5 Å². The van der Waals surface area contributed by atoms with Gasteiger partial charge in [0.1, 0.15) is 29.7 Å². The van der Waals surface area contributed by atoms with Gasteiger partial charge in [-0.25, -0.2) is 9.97 Å². The van der Waals surface area contributed by atoms with Gasteiger partial charge in [0.15, 0.2) is 17.7 Å². The van der Waals surface area contributed by atoms with Crippen molar-refractivity contribution < 1.29 is 48.0 Å². The van der Waals surface area contributed by atoms with Crippen LogP contribution in [0.25, 0.3) is 11.2 Å². The van der Waals surface area contributed by atoms with Crippen molar-refractivity contribution >= 4 is 32.7 Å². The lowest BCUT2D eigenvalue weighted by Crippen LogP contribution is -2.36. The number of ether oxygens (including phenoxy) is 3. The molecular formula is C14H18N5O10P2-3. The average molecular weight is 478 g/mol. The molecule has 2 fully saturated rings. The molecular weight excluding hydrogens is 460 g/mol. The van der Waals surface area contributed by atoms with E-state index in [-0.39, 0.29) is 17.1 Å². The van der Waals surface area contributed by atoms with Gasteiger partial charge in [0.05, 0.1) is 12.9 Å². The van der Waals surface area contributed by atoms with Gasteiger partial charge in [-0.3, -0.25) is 9.13 Å². The second-order valence-corrected chi connectivity index (χ2v) is 11.4. The summed E-state index contributed by atoms with van der Waals surface area (Å²) in [5, 5.41) is 12.0. The van der Waals surface area contributed by atoms with Gasteiger partial charge in [-0.2, -0.15) is 12.9 Å². The molecule has 2 aliphatic heterocycles. The summed E-state index contributed by atoms with van der Waals surface area (Å²) in [6.45, 7) is 2.72. The SMILES string of the molecule is CC1(C)O[C@@H]2[C@H](O1)[C@@H](COP(=O)(O)C[P+]([O-])([O-])[O-])O[C@H]2n1cnc2c([O-])nc(N)nc21. The number of nitrogens with zero attached hydrogens (tertiary/aromatic N) is 4. The third-order valence-electron chi connectivity index (χ3n) is 4.60. The molecule has 1 unspecified atom stereocenters. The lowest BCUT2D eigenvalue weighted by molar-refractivity contribution is -0.426. The summed E-state index contributed by atoms with van der Waals surface area (Å²) in [4.78, 5) is 53.6. The highest BCUT2D eigenvalue weighted by Gasteiger charge is 2.56. The molecule has 0 bridgehead atoms. The van der Waals surface area contributed by atoms with Crippen molar-refractivity contribution in [3.63, 3.8) is 0 Å². The van der Waals surface area contributed by atoms with Crippen LogP contribution in [0, 0.1) is 0 Å². The van der Waals surface area contributed by atoms with Gasteiger partial charge in [-0.05, 0) is 13.8 Å². The molecule has 31 heavy (non-hydrogen) atoms. The summed E-state index contributed by atoms with van der Waals surface area (Å²) in [5.41, 5.74) is 5.60. The molecule has 0 aliphatic carbocycles. The van der Waals surface area contributed by atoms with Crippen molar-refractivity contribution in [1.29, 1.82) is 0 Å². The van der Waals surface area contributed by atoms with Crippen molar-refractivity contribution in [1.82, 2.24) is 19.5 Å². The van der Waals surface area contributed by atoms with Crippen molar-refractivity contribution in [3.8, 4) is 5.88 Å².